The number of hydrogen-bond acceptors (Lipinski definition) is 5. The van der Waals surface area contributed by atoms with E-state index in [2.05, 4.69) is 31.8 Å². The molecule has 0 bridgehead atoms. The van der Waals surface area contributed by atoms with Gasteiger partial charge in [0.05, 0.1) is 31.7 Å². The number of methoxy groups -OCH3 is 2. The van der Waals surface area contributed by atoms with E-state index >= 15 is 0 Å². The summed E-state index contributed by atoms with van der Waals surface area (Å²) in [6, 6.07) is 17.5. The Bertz CT molecular complexity index is 1180. The predicted molar refractivity (Wildman–Crippen MR) is 128 cm³/mol. The summed E-state index contributed by atoms with van der Waals surface area (Å²) >= 11 is 3.36. The summed E-state index contributed by atoms with van der Waals surface area (Å²) in [5.74, 6) is 0.0863. The normalized spacial score (nSPS) is 10.6. The lowest BCUT2D eigenvalue weighted by Gasteiger charge is -2.12. The van der Waals surface area contributed by atoms with Crippen LogP contribution in [0.4, 0.5) is 5.69 Å². The Morgan fingerprint density at radius 1 is 0.938 bits per heavy atom. The fourth-order valence-electron chi connectivity index (χ4n) is 2.94. The molecule has 0 spiro atoms. The van der Waals surface area contributed by atoms with E-state index in [-0.39, 0.29) is 5.56 Å². The first-order valence-electron chi connectivity index (χ1n) is 9.65. The number of benzene rings is 3. The van der Waals surface area contributed by atoms with Crippen LogP contribution in [0.25, 0.3) is 0 Å². The lowest BCUT2D eigenvalue weighted by Crippen LogP contribution is -2.21. The number of nitrogens with one attached hydrogen (secondary N) is 2. The minimum absolute atomic E-state index is 0.259. The first-order chi connectivity index (χ1) is 15.4. The van der Waals surface area contributed by atoms with Crippen molar-refractivity contribution < 1.29 is 19.1 Å². The zero-order valence-electron chi connectivity index (χ0n) is 17.8. The summed E-state index contributed by atoms with van der Waals surface area (Å²) in [6.45, 7) is 1.96. The van der Waals surface area contributed by atoms with Gasteiger partial charge in [0, 0.05) is 10.0 Å². The van der Waals surface area contributed by atoms with Crippen molar-refractivity contribution in [2.24, 2.45) is 5.10 Å². The summed E-state index contributed by atoms with van der Waals surface area (Å²) in [6.07, 6.45) is 1.58. The average Bonchev–Trinajstić information content (AvgIpc) is 2.80. The van der Waals surface area contributed by atoms with Crippen LogP contribution in [0.5, 0.6) is 11.5 Å². The van der Waals surface area contributed by atoms with Crippen molar-refractivity contribution in [3.8, 4) is 11.5 Å². The number of hydrogen-bond donors (Lipinski definition) is 2. The van der Waals surface area contributed by atoms with Gasteiger partial charge in [-0.25, -0.2) is 5.43 Å². The van der Waals surface area contributed by atoms with Gasteiger partial charge in [-0.2, -0.15) is 5.10 Å². The standard InChI is InChI=1S/C24H22BrN3O4/c1-15-6-4-5-7-17(15)14-26-28-24(30)19-13-18(25)9-10-20(19)27-23(29)16-8-11-21(31-2)22(12-16)32-3/h4-14H,1-3H3,(H,27,29)(H,28,30). The lowest BCUT2D eigenvalue weighted by atomic mass is 10.1. The summed E-state index contributed by atoms with van der Waals surface area (Å²) in [7, 11) is 3.01. The Balaban J connectivity index is 1.79. The molecule has 0 aromatic heterocycles. The van der Waals surface area contributed by atoms with Crippen molar-refractivity contribution in [3.05, 3.63) is 87.4 Å². The first-order valence-corrected chi connectivity index (χ1v) is 10.4. The maximum Gasteiger partial charge on any atom is 0.273 e. The van der Waals surface area contributed by atoms with Gasteiger partial charge in [0.2, 0.25) is 0 Å². The zero-order chi connectivity index (χ0) is 23.1. The van der Waals surface area contributed by atoms with Crippen LogP contribution in [-0.2, 0) is 0 Å². The van der Waals surface area contributed by atoms with Gasteiger partial charge in [-0.3, -0.25) is 9.59 Å². The molecule has 2 N–H and O–H groups in total. The number of amides is 2. The molecule has 0 aliphatic carbocycles. The van der Waals surface area contributed by atoms with Crippen molar-refractivity contribution in [2.75, 3.05) is 19.5 Å². The van der Waals surface area contributed by atoms with Gasteiger partial charge in [-0.1, -0.05) is 40.2 Å². The van der Waals surface area contributed by atoms with Crippen LogP contribution in [0.2, 0.25) is 0 Å². The quantitative estimate of drug-likeness (QED) is 0.364. The Labute approximate surface area is 194 Å². The molecule has 0 saturated carbocycles. The number of aryl methyl sites for hydroxylation is 1. The van der Waals surface area contributed by atoms with Crippen LogP contribution in [0.1, 0.15) is 31.8 Å². The van der Waals surface area contributed by atoms with E-state index in [4.69, 9.17) is 9.47 Å². The minimum atomic E-state index is -0.459. The van der Waals surface area contributed by atoms with Gasteiger partial charge in [0.25, 0.3) is 11.8 Å². The number of carbonyl (C=O) groups is 2. The van der Waals surface area contributed by atoms with Gasteiger partial charge in [-0.05, 0) is 54.4 Å². The number of anilines is 1. The molecule has 0 radical (unpaired) electrons. The predicted octanol–water partition coefficient (Wildman–Crippen LogP) is 4.79. The first kappa shape index (κ1) is 23.0. The smallest absolute Gasteiger partial charge is 0.273 e. The highest BCUT2D eigenvalue weighted by Crippen LogP contribution is 2.28. The second-order valence-electron chi connectivity index (χ2n) is 6.77. The molecular weight excluding hydrogens is 474 g/mol. The van der Waals surface area contributed by atoms with E-state index < -0.39 is 11.8 Å². The molecule has 3 rings (SSSR count). The monoisotopic (exact) mass is 495 g/mol. The van der Waals surface area contributed by atoms with Crippen molar-refractivity contribution in [1.29, 1.82) is 0 Å². The highest BCUT2D eigenvalue weighted by atomic mass is 79.9. The van der Waals surface area contributed by atoms with Gasteiger partial charge in [0.1, 0.15) is 0 Å². The van der Waals surface area contributed by atoms with E-state index in [0.29, 0.717) is 27.2 Å². The summed E-state index contributed by atoms with van der Waals surface area (Å²) in [5, 5.41) is 6.82. The molecule has 0 heterocycles. The largest absolute Gasteiger partial charge is 0.493 e. The molecule has 164 valence electrons. The van der Waals surface area contributed by atoms with E-state index in [0.717, 1.165) is 11.1 Å². The highest BCUT2D eigenvalue weighted by molar-refractivity contribution is 9.10. The van der Waals surface area contributed by atoms with E-state index in [1.54, 1.807) is 42.6 Å². The molecule has 0 aliphatic heterocycles. The van der Waals surface area contributed by atoms with Crippen molar-refractivity contribution >= 4 is 39.6 Å². The van der Waals surface area contributed by atoms with Gasteiger partial charge < -0.3 is 14.8 Å². The molecule has 3 aromatic carbocycles. The maximum atomic E-state index is 12.8. The van der Waals surface area contributed by atoms with Crippen LogP contribution in [-0.4, -0.2) is 32.2 Å². The number of hydrazone groups is 1. The van der Waals surface area contributed by atoms with Gasteiger partial charge in [-0.15, -0.1) is 0 Å². The SMILES string of the molecule is COc1ccc(C(=O)Nc2ccc(Br)cc2C(=O)NN=Cc2ccccc2C)cc1OC. The topological polar surface area (TPSA) is 89.0 Å². The van der Waals surface area contributed by atoms with Crippen LogP contribution < -0.4 is 20.2 Å². The molecule has 2 amide bonds. The molecule has 0 atom stereocenters. The fraction of sp³-hybridized carbons (Fsp3) is 0.125. The van der Waals surface area contributed by atoms with Crippen molar-refractivity contribution in [3.63, 3.8) is 0 Å². The Kier molecular flexibility index (Phi) is 7.62. The third-order valence-electron chi connectivity index (χ3n) is 4.68. The molecule has 0 aliphatic rings. The number of halogens is 1. The Hall–Kier alpha value is -3.65. The molecule has 3 aromatic rings. The number of ether oxygens (including phenoxy) is 2. The van der Waals surface area contributed by atoms with Crippen LogP contribution >= 0.6 is 15.9 Å². The van der Waals surface area contributed by atoms with E-state index in [9.17, 15) is 9.59 Å². The Morgan fingerprint density at radius 3 is 2.41 bits per heavy atom. The molecule has 32 heavy (non-hydrogen) atoms. The number of nitrogens with zero attached hydrogens (tertiary/aromatic N) is 1. The summed E-state index contributed by atoms with van der Waals surface area (Å²) < 4.78 is 11.1. The van der Waals surface area contributed by atoms with Crippen LogP contribution in [0, 0.1) is 6.92 Å². The highest BCUT2D eigenvalue weighted by Gasteiger charge is 2.16. The van der Waals surface area contributed by atoms with Crippen LogP contribution in [0.15, 0.2) is 70.2 Å². The molecule has 8 heteroatoms. The van der Waals surface area contributed by atoms with E-state index in [1.807, 2.05) is 31.2 Å². The molecule has 0 unspecified atom stereocenters. The summed E-state index contributed by atoms with van der Waals surface area (Å²) in [5.41, 5.74) is 5.40. The fourth-order valence-corrected chi connectivity index (χ4v) is 3.30. The Morgan fingerprint density at radius 2 is 1.69 bits per heavy atom. The van der Waals surface area contributed by atoms with Crippen LogP contribution in [0.3, 0.4) is 0 Å². The van der Waals surface area contributed by atoms with E-state index in [1.165, 1.54) is 14.2 Å². The van der Waals surface area contributed by atoms with Crippen molar-refractivity contribution in [1.82, 2.24) is 5.43 Å². The minimum Gasteiger partial charge on any atom is -0.493 e. The average molecular weight is 496 g/mol. The van der Waals surface area contributed by atoms with Gasteiger partial charge >= 0.3 is 0 Å². The second kappa shape index (κ2) is 10.6. The molecule has 7 nitrogen and oxygen atoms in total. The number of rotatable bonds is 7. The lowest BCUT2D eigenvalue weighted by molar-refractivity contribution is 0.0956. The zero-order valence-corrected chi connectivity index (χ0v) is 19.4. The molecule has 0 saturated heterocycles. The van der Waals surface area contributed by atoms with Gasteiger partial charge in [0.15, 0.2) is 11.5 Å². The number of carbonyl (C=O) groups excluding carboxylic acids is 2. The summed E-state index contributed by atoms with van der Waals surface area (Å²) in [4.78, 5) is 25.6. The third kappa shape index (κ3) is 5.53. The molecule has 0 fully saturated rings. The molecular formula is C24H22BrN3O4. The third-order valence-corrected chi connectivity index (χ3v) is 5.17. The van der Waals surface area contributed by atoms with Crippen molar-refractivity contribution in [2.45, 2.75) is 6.92 Å². The maximum absolute atomic E-state index is 12.8. The second-order valence-corrected chi connectivity index (χ2v) is 7.69.